The van der Waals surface area contributed by atoms with Gasteiger partial charge in [0.25, 0.3) is 11.3 Å². The fraction of sp³-hybridized carbons (Fsp3) is 0.429. The number of aryl methyl sites for hydroxylation is 2. The van der Waals surface area contributed by atoms with Crippen LogP contribution in [0.5, 0.6) is 0 Å². The molecule has 3 aromatic heterocycles. The zero-order valence-corrected chi connectivity index (χ0v) is 12.3. The summed E-state index contributed by atoms with van der Waals surface area (Å²) in [4.78, 5) is 21.3. The van der Waals surface area contributed by atoms with Crippen molar-refractivity contribution in [2.24, 2.45) is 0 Å². The molecule has 0 radical (unpaired) electrons. The molecule has 0 amide bonds. The van der Waals surface area contributed by atoms with E-state index in [2.05, 4.69) is 15.1 Å². The molecule has 0 bridgehead atoms. The van der Waals surface area contributed by atoms with E-state index in [1.807, 2.05) is 40.7 Å². The number of hydrogen-bond donors (Lipinski definition) is 0. The highest BCUT2D eigenvalue weighted by Crippen LogP contribution is 2.17. The van der Waals surface area contributed by atoms with E-state index in [0.29, 0.717) is 22.7 Å². The van der Waals surface area contributed by atoms with Crippen LogP contribution in [0.3, 0.4) is 0 Å². The Bertz CT molecular complexity index is 882. The van der Waals surface area contributed by atoms with Crippen molar-refractivity contribution in [3.8, 4) is 0 Å². The fourth-order valence-corrected chi connectivity index (χ4v) is 2.41. The van der Waals surface area contributed by atoms with Gasteiger partial charge in [0.05, 0.1) is 16.6 Å². The molecule has 0 fully saturated rings. The van der Waals surface area contributed by atoms with Crippen LogP contribution in [0.15, 0.2) is 17.1 Å². The van der Waals surface area contributed by atoms with Crippen LogP contribution >= 0.6 is 0 Å². The Labute approximate surface area is 116 Å². The smallest absolute Gasteiger partial charge is 0.262 e. The standard InChI is InChI=1S/C14H17N5O/c1-8-11-10(19-13(15-8)16-9(2)17-19)6-7-18(12(11)20)14(3,4)5/h6-7H,1-5H3. The van der Waals surface area contributed by atoms with Gasteiger partial charge in [-0.3, -0.25) is 4.79 Å². The first-order valence-corrected chi connectivity index (χ1v) is 6.55. The summed E-state index contributed by atoms with van der Waals surface area (Å²) in [6, 6.07) is 1.90. The molecule has 0 aliphatic carbocycles. The van der Waals surface area contributed by atoms with E-state index in [0.717, 1.165) is 5.52 Å². The topological polar surface area (TPSA) is 65.1 Å². The van der Waals surface area contributed by atoms with Crippen molar-refractivity contribution < 1.29 is 0 Å². The Morgan fingerprint density at radius 3 is 2.50 bits per heavy atom. The molecule has 0 aromatic carbocycles. The fourth-order valence-electron chi connectivity index (χ4n) is 2.41. The Morgan fingerprint density at radius 2 is 1.85 bits per heavy atom. The number of rotatable bonds is 0. The minimum atomic E-state index is -0.273. The monoisotopic (exact) mass is 271 g/mol. The third kappa shape index (κ3) is 1.71. The van der Waals surface area contributed by atoms with E-state index in [4.69, 9.17) is 0 Å². The summed E-state index contributed by atoms with van der Waals surface area (Å²) in [6.45, 7) is 9.65. The average molecular weight is 271 g/mol. The van der Waals surface area contributed by atoms with Gasteiger partial charge in [0.2, 0.25) is 0 Å². The predicted molar refractivity (Wildman–Crippen MR) is 77.0 cm³/mol. The highest BCUT2D eigenvalue weighted by molar-refractivity contribution is 5.81. The van der Waals surface area contributed by atoms with E-state index >= 15 is 0 Å². The van der Waals surface area contributed by atoms with Gasteiger partial charge in [0, 0.05) is 11.7 Å². The van der Waals surface area contributed by atoms with Crippen LogP contribution in [0.25, 0.3) is 16.7 Å². The van der Waals surface area contributed by atoms with E-state index in [1.165, 1.54) is 0 Å². The number of pyridine rings is 1. The first-order chi connectivity index (χ1) is 9.29. The molecule has 20 heavy (non-hydrogen) atoms. The summed E-state index contributed by atoms with van der Waals surface area (Å²) in [6.07, 6.45) is 1.81. The highest BCUT2D eigenvalue weighted by atomic mass is 16.1. The lowest BCUT2D eigenvalue weighted by Gasteiger charge is -2.22. The minimum Gasteiger partial charge on any atom is -0.310 e. The van der Waals surface area contributed by atoms with Crippen LogP contribution in [0.4, 0.5) is 0 Å². The normalized spacial score (nSPS) is 12.4. The van der Waals surface area contributed by atoms with E-state index < -0.39 is 0 Å². The van der Waals surface area contributed by atoms with Crippen molar-refractivity contribution >= 4 is 16.7 Å². The van der Waals surface area contributed by atoms with Crippen molar-refractivity contribution in [3.63, 3.8) is 0 Å². The molecule has 6 heteroatoms. The van der Waals surface area contributed by atoms with E-state index in [1.54, 1.807) is 15.3 Å². The summed E-state index contributed by atoms with van der Waals surface area (Å²) >= 11 is 0. The van der Waals surface area contributed by atoms with Gasteiger partial charge >= 0.3 is 0 Å². The minimum absolute atomic E-state index is 0.0462. The molecular formula is C14H17N5O. The molecule has 3 heterocycles. The lowest BCUT2D eigenvalue weighted by Crippen LogP contribution is -2.33. The van der Waals surface area contributed by atoms with Crippen LogP contribution in [-0.2, 0) is 5.54 Å². The Hall–Kier alpha value is -2.24. The van der Waals surface area contributed by atoms with Crippen LogP contribution < -0.4 is 5.56 Å². The van der Waals surface area contributed by atoms with Gasteiger partial charge in [-0.05, 0) is 40.7 Å². The van der Waals surface area contributed by atoms with Crippen molar-refractivity contribution in [1.82, 2.24) is 24.1 Å². The summed E-state index contributed by atoms with van der Waals surface area (Å²) in [5, 5.41) is 4.91. The molecule has 0 N–H and O–H groups in total. The Balaban J connectivity index is 2.53. The van der Waals surface area contributed by atoms with Crippen molar-refractivity contribution in [1.29, 1.82) is 0 Å². The molecule has 6 nitrogen and oxygen atoms in total. The molecular weight excluding hydrogens is 254 g/mol. The number of hydrogen-bond acceptors (Lipinski definition) is 4. The highest BCUT2D eigenvalue weighted by Gasteiger charge is 2.19. The molecule has 0 saturated carbocycles. The molecule has 3 rings (SSSR count). The second-order valence-corrected chi connectivity index (χ2v) is 5.99. The van der Waals surface area contributed by atoms with Gasteiger partial charge in [0.1, 0.15) is 5.82 Å². The van der Waals surface area contributed by atoms with E-state index in [-0.39, 0.29) is 11.1 Å². The SMILES string of the molecule is Cc1nc2nc(C)c3c(=O)n(C(C)(C)C)ccc3n2n1. The molecule has 0 aliphatic rings. The van der Waals surface area contributed by atoms with Crippen LogP contribution in [-0.4, -0.2) is 24.1 Å². The first-order valence-electron chi connectivity index (χ1n) is 6.55. The van der Waals surface area contributed by atoms with Crippen molar-refractivity contribution in [2.45, 2.75) is 40.2 Å². The van der Waals surface area contributed by atoms with Crippen LogP contribution in [0.1, 0.15) is 32.3 Å². The quantitative estimate of drug-likeness (QED) is 0.625. The number of fused-ring (bicyclic) bond motifs is 3. The summed E-state index contributed by atoms with van der Waals surface area (Å²) in [7, 11) is 0. The average Bonchev–Trinajstić information content (AvgIpc) is 2.67. The van der Waals surface area contributed by atoms with Crippen molar-refractivity contribution in [3.05, 3.63) is 34.1 Å². The van der Waals surface area contributed by atoms with E-state index in [9.17, 15) is 4.79 Å². The Morgan fingerprint density at radius 1 is 1.15 bits per heavy atom. The van der Waals surface area contributed by atoms with Gasteiger partial charge in [-0.1, -0.05) is 0 Å². The summed E-state index contributed by atoms with van der Waals surface area (Å²) < 4.78 is 3.35. The number of nitrogens with zero attached hydrogens (tertiary/aromatic N) is 5. The molecule has 0 saturated heterocycles. The Kier molecular flexibility index (Phi) is 2.48. The predicted octanol–water partition coefficient (Wildman–Crippen LogP) is 1.81. The van der Waals surface area contributed by atoms with Gasteiger partial charge in [0.15, 0.2) is 0 Å². The zero-order chi connectivity index (χ0) is 14.7. The van der Waals surface area contributed by atoms with Crippen LogP contribution in [0, 0.1) is 13.8 Å². The zero-order valence-electron chi connectivity index (χ0n) is 12.3. The summed E-state index contributed by atoms with van der Waals surface area (Å²) in [5.41, 5.74) is 1.11. The summed E-state index contributed by atoms with van der Waals surface area (Å²) in [5.74, 6) is 1.17. The third-order valence-electron chi connectivity index (χ3n) is 3.35. The third-order valence-corrected chi connectivity index (χ3v) is 3.35. The first kappa shape index (κ1) is 12.8. The lowest BCUT2D eigenvalue weighted by atomic mass is 10.1. The molecule has 104 valence electrons. The second kappa shape index (κ2) is 3.88. The molecule has 0 aliphatic heterocycles. The van der Waals surface area contributed by atoms with Crippen molar-refractivity contribution in [2.75, 3.05) is 0 Å². The van der Waals surface area contributed by atoms with Gasteiger partial charge in [-0.2, -0.15) is 9.50 Å². The van der Waals surface area contributed by atoms with Gasteiger partial charge in [-0.25, -0.2) is 4.98 Å². The maximum Gasteiger partial charge on any atom is 0.262 e. The van der Waals surface area contributed by atoms with Crippen LogP contribution in [0.2, 0.25) is 0 Å². The lowest BCUT2D eigenvalue weighted by molar-refractivity contribution is 0.386. The molecule has 3 aromatic rings. The number of aromatic nitrogens is 5. The largest absolute Gasteiger partial charge is 0.310 e. The molecule has 0 atom stereocenters. The maximum absolute atomic E-state index is 12.7. The van der Waals surface area contributed by atoms with Gasteiger partial charge in [-0.15, -0.1) is 5.10 Å². The maximum atomic E-state index is 12.7. The molecule has 0 spiro atoms. The molecule has 0 unspecified atom stereocenters. The van der Waals surface area contributed by atoms with Gasteiger partial charge < -0.3 is 4.57 Å². The second-order valence-electron chi connectivity index (χ2n) is 5.99.